The highest BCUT2D eigenvalue weighted by Gasteiger charge is 2.20. The van der Waals surface area contributed by atoms with Crippen molar-refractivity contribution in [1.29, 1.82) is 10.5 Å². The van der Waals surface area contributed by atoms with E-state index in [1.165, 1.54) is 65.3 Å². The van der Waals surface area contributed by atoms with Crippen LogP contribution in [0.4, 0.5) is 0 Å². The lowest BCUT2D eigenvalue weighted by atomic mass is 9.82. The fraction of sp³-hybridized carbons (Fsp3) is 0. The van der Waals surface area contributed by atoms with Gasteiger partial charge < -0.3 is 0 Å². The van der Waals surface area contributed by atoms with Crippen LogP contribution in [0.5, 0.6) is 0 Å². The summed E-state index contributed by atoms with van der Waals surface area (Å²) in [6, 6.07) is 54.7. The van der Waals surface area contributed by atoms with Gasteiger partial charge in [-0.2, -0.15) is 10.5 Å². The van der Waals surface area contributed by atoms with Crippen molar-refractivity contribution in [3.63, 3.8) is 0 Å². The Hall–Kier alpha value is -6.74. The fourth-order valence-electron chi connectivity index (χ4n) is 6.92. The Balaban J connectivity index is 1.41. The van der Waals surface area contributed by atoms with Crippen molar-refractivity contribution in [3.8, 4) is 23.3 Å². The van der Waals surface area contributed by atoms with Crippen LogP contribution in [0.2, 0.25) is 0 Å². The van der Waals surface area contributed by atoms with Crippen molar-refractivity contribution < 1.29 is 0 Å². The SMILES string of the molecule is N#Cc1ccc(C=Cc2c3ccccc3c(-c3c4ccccc4c(C=Cc4ccc(C#N)cc4)c4ccccc34)c3ccccc23)cc1. The van der Waals surface area contributed by atoms with Crippen LogP contribution in [0.25, 0.3) is 78.5 Å². The van der Waals surface area contributed by atoms with E-state index in [0.717, 1.165) is 11.1 Å². The lowest BCUT2D eigenvalue weighted by molar-refractivity contribution is 1.48. The number of nitriles is 2. The molecule has 2 nitrogen and oxygen atoms in total. The Morgan fingerprint density at radius 2 is 0.583 bits per heavy atom. The first-order chi connectivity index (χ1) is 23.7. The Morgan fingerprint density at radius 3 is 0.854 bits per heavy atom. The van der Waals surface area contributed by atoms with Crippen LogP contribution in [0.15, 0.2) is 146 Å². The molecule has 0 fully saturated rings. The van der Waals surface area contributed by atoms with E-state index in [2.05, 4.69) is 134 Å². The van der Waals surface area contributed by atoms with E-state index in [-0.39, 0.29) is 0 Å². The summed E-state index contributed by atoms with van der Waals surface area (Å²) in [4.78, 5) is 0. The Kier molecular flexibility index (Phi) is 7.31. The maximum atomic E-state index is 9.25. The number of benzene rings is 8. The molecule has 0 saturated carbocycles. The first kappa shape index (κ1) is 28.7. The first-order valence-electron chi connectivity index (χ1n) is 16.0. The van der Waals surface area contributed by atoms with Gasteiger partial charge in [-0.3, -0.25) is 0 Å². The number of nitrogens with zero attached hydrogens (tertiary/aromatic N) is 2. The molecule has 2 heteroatoms. The van der Waals surface area contributed by atoms with E-state index >= 15 is 0 Å². The van der Waals surface area contributed by atoms with Crippen LogP contribution < -0.4 is 0 Å². The van der Waals surface area contributed by atoms with Crippen molar-refractivity contribution in [2.24, 2.45) is 0 Å². The van der Waals surface area contributed by atoms with Crippen LogP contribution in [-0.4, -0.2) is 0 Å². The third-order valence-electron chi connectivity index (χ3n) is 9.16. The molecule has 8 rings (SSSR count). The highest BCUT2D eigenvalue weighted by atomic mass is 14.2. The number of rotatable bonds is 5. The van der Waals surface area contributed by atoms with Crippen molar-refractivity contribution in [1.82, 2.24) is 0 Å². The Morgan fingerprint density at radius 1 is 0.312 bits per heavy atom. The molecule has 0 aromatic heterocycles. The molecule has 0 unspecified atom stereocenters. The zero-order chi connectivity index (χ0) is 32.5. The molecule has 0 saturated heterocycles. The van der Waals surface area contributed by atoms with E-state index in [1.54, 1.807) is 0 Å². The summed E-state index contributed by atoms with van der Waals surface area (Å²) >= 11 is 0. The van der Waals surface area contributed by atoms with Gasteiger partial charge in [0.15, 0.2) is 0 Å². The summed E-state index contributed by atoms with van der Waals surface area (Å²) < 4.78 is 0. The minimum atomic E-state index is 0.655. The van der Waals surface area contributed by atoms with Crippen molar-refractivity contribution in [2.75, 3.05) is 0 Å². The molecule has 0 bridgehead atoms. The number of hydrogen-bond donors (Lipinski definition) is 0. The van der Waals surface area contributed by atoms with Gasteiger partial charge in [-0.15, -0.1) is 0 Å². The van der Waals surface area contributed by atoms with Crippen LogP contribution in [0, 0.1) is 22.7 Å². The molecule has 0 amide bonds. The van der Waals surface area contributed by atoms with Crippen LogP contribution >= 0.6 is 0 Å². The first-order valence-corrected chi connectivity index (χ1v) is 16.0. The average molecular weight is 609 g/mol. The van der Waals surface area contributed by atoms with E-state index in [1.807, 2.05) is 48.5 Å². The highest BCUT2D eigenvalue weighted by molar-refractivity contribution is 6.27. The van der Waals surface area contributed by atoms with E-state index < -0.39 is 0 Å². The summed E-state index contributed by atoms with van der Waals surface area (Å²) in [6.07, 6.45) is 8.69. The second-order valence-electron chi connectivity index (χ2n) is 11.9. The van der Waals surface area contributed by atoms with Crippen LogP contribution in [0.3, 0.4) is 0 Å². The third-order valence-corrected chi connectivity index (χ3v) is 9.16. The maximum absolute atomic E-state index is 9.25. The predicted molar refractivity (Wildman–Crippen MR) is 202 cm³/mol. The molecule has 0 heterocycles. The molecular weight excluding hydrogens is 581 g/mol. The molecule has 0 atom stereocenters. The average Bonchev–Trinajstić information content (AvgIpc) is 3.16. The topological polar surface area (TPSA) is 47.6 Å². The van der Waals surface area contributed by atoms with Crippen LogP contribution in [-0.2, 0) is 0 Å². The molecule has 0 N–H and O–H groups in total. The minimum absolute atomic E-state index is 0.655. The molecule has 8 aromatic rings. The Bertz CT molecular complexity index is 2360. The standard InChI is InChI=1S/C46H28N2/c47-29-33-21-17-31(18-22-33)25-27-39-35-9-1-5-13-41(35)45(42-14-6-2-10-36(39)42)46-43-15-7-3-11-37(43)40(38-12-4-8-16-44(38)46)28-26-32-19-23-34(30-48)24-20-32/h1-28H. The number of hydrogen-bond acceptors (Lipinski definition) is 2. The van der Waals surface area contributed by atoms with E-state index in [9.17, 15) is 10.5 Å². The van der Waals surface area contributed by atoms with Gasteiger partial charge in [0.25, 0.3) is 0 Å². The summed E-state index contributed by atoms with van der Waals surface area (Å²) in [5.74, 6) is 0. The predicted octanol–water partition coefficient (Wildman–Crippen LogP) is 12.1. The molecule has 48 heavy (non-hydrogen) atoms. The second-order valence-corrected chi connectivity index (χ2v) is 11.9. The molecule has 0 radical (unpaired) electrons. The third kappa shape index (κ3) is 5.00. The monoisotopic (exact) mass is 608 g/mol. The van der Waals surface area contributed by atoms with Gasteiger partial charge >= 0.3 is 0 Å². The summed E-state index contributed by atoms with van der Waals surface area (Å²) in [5, 5.41) is 28.1. The lowest BCUT2D eigenvalue weighted by Gasteiger charge is -2.20. The zero-order valence-corrected chi connectivity index (χ0v) is 26.1. The summed E-state index contributed by atoms with van der Waals surface area (Å²) in [7, 11) is 0. The van der Waals surface area contributed by atoms with Gasteiger partial charge in [-0.25, -0.2) is 0 Å². The van der Waals surface area contributed by atoms with Crippen molar-refractivity contribution in [3.05, 3.63) is 179 Å². The normalized spacial score (nSPS) is 11.5. The smallest absolute Gasteiger partial charge is 0.0991 e. The van der Waals surface area contributed by atoms with Crippen LogP contribution in [0.1, 0.15) is 33.4 Å². The van der Waals surface area contributed by atoms with Gasteiger partial charge in [-0.05, 0) is 101 Å². The molecule has 0 aliphatic rings. The Labute approximate surface area is 279 Å². The molecule has 8 aromatic carbocycles. The van der Waals surface area contributed by atoms with Gasteiger partial charge in [-0.1, -0.05) is 146 Å². The highest BCUT2D eigenvalue weighted by Crippen LogP contribution is 2.47. The molecule has 0 aliphatic carbocycles. The second kappa shape index (κ2) is 12.2. The molecule has 222 valence electrons. The number of fused-ring (bicyclic) bond motifs is 4. The zero-order valence-electron chi connectivity index (χ0n) is 26.1. The minimum Gasteiger partial charge on any atom is -0.192 e. The van der Waals surface area contributed by atoms with Gasteiger partial charge in [0, 0.05) is 0 Å². The fourth-order valence-corrected chi connectivity index (χ4v) is 6.92. The van der Waals surface area contributed by atoms with Crippen molar-refractivity contribution >= 4 is 67.4 Å². The molecular formula is C46H28N2. The van der Waals surface area contributed by atoms with Gasteiger partial charge in [0.1, 0.15) is 0 Å². The van der Waals surface area contributed by atoms with Gasteiger partial charge in [0.2, 0.25) is 0 Å². The van der Waals surface area contributed by atoms with E-state index in [0.29, 0.717) is 11.1 Å². The largest absolute Gasteiger partial charge is 0.192 e. The van der Waals surface area contributed by atoms with E-state index in [4.69, 9.17) is 0 Å². The quantitative estimate of drug-likeness (QED) is 0.144. The lowest BCUT2D eigenvalue weighted by Crippen LogP contribution is -1.94. The summed E-state index contributed by atoms with van der Waals surface area (Å²) in [6.45, 7) is 0. The molecule has 0 spiro atoms. The van der Waals surface area contributed by atoms with Gasteiger partial charge in [0.05, 0.1) is 23.3 Å². The van der Waals surface area contributed by atoms with Crippen molar-refractivity contribution in [2.45, 2.75) is 0 Å². The summed E-state index contributed by atoms with van der Waals surface area (Å²) in [5.41, 5.74) is 8.21. The molecule has 0 aliphatic heterocycles. The maximum Gasteiger partial charge on any atom is 0.0991 e.